The van der Waals surface area contributed by atoms with E-state index in [1.54, 1.807) is 32.6 Å². The van der Waals surface area contributed by atoms with Crippen LogP contribution in [0, 0.1) is 0 Å². The van der Waals surface area contributed by atoms with Gasteiger partial charge in [-0.15, -0.1) is 11.3 Å². The highest BCUT2D eigenvalue weighted by atomic mass is 32.1. The quantitative estimate of drug-likeness (QED) is 0.552. The molecule has 1 aromatic carbocycles. The Labute approximate surface area is 166 Å². The molecule has 0 atom stereocenters. The summed E-state index contributed by atoms with van der Waals surface area (Å²) in [6.07, 6.45) is 0.877. The van der Waals surface area contributed by atoms with Crippen LogP contribution >= 0.6 is 11.3 Å². The molecule has 6 nitrogen and oxygen atoms in total. The van der Waals surface area contributed by atoms with Crippen molar-refractivity contribution < 1.29 is 9.47 Å². The normalized spacial score (nSPS) is 11.6. The number of thiazole rings is 1. The number of hydrogen-bond donors (Lipinski definition) is 1. The molecule has 0 fully saturated rings. The molecule has 0 saturated carbocycles. The first kappa shape index (κ1) is 21.0. The zero-order valence-corrected chi connectivity index (χ0v) is 17.9. The number of guanidine groups is 1. The van der Waals surface area contributed by atoms with Gasteiger partial charge in [0.25, 0.3) is 0 Å². The van der Waals surface area contributed by atoms with Crippen LogP contribution in [0.4, 0.5) is 0 Å². The summed E-state index contributed by atoms with van der Waals surface area (Å²) >= 11 is 1.73. The number of hydrogen-bond acceptors (Lipinski definition) is 5. The smallest absolute Gasteiger partial charge is 0.193 e. The highest BCUT2D eigenvalue weighted by Gasteiger charge is 2.12. The maximum atomic E-state index is 5.49. The fourth-order valence-corrected chi connectivity index (χ4v) is 3.57. The molecule has 0 saturated heterocycles. The Hall–Kier alpha value is -2.28. The lowest BCUT2D eigenvalue weighted by Crippen LogP contribution is -2.39. The van der Waals surface area contributed by atoms with Crippen LogP contribution in [0.25, 0.3) is 0 Å². The van der Waals surface area contributed by atoms with Gasteiger partial charge in [0, 0.05) is 56.5 Å². The van der Waals surface area contributed by atoms with E-state index in [2.05, 4.69) is 39.4 Å². The first-order valence-corrected chi connectivity index (χ1v) is 9.93. The van der Waals surface area contributed by atoms with E-state index in [0.717, 1.165) is 41.7 Å². The molecule has 1 heterocycles. The summed E-state index contributed by atoms with van der Waals surface area (Å²) in [7, 11) is 7.13. The van der Waals surface area contributed by atoms with Crippen molar-refractivity contribution in [2.45, 2.75) is 32.7 Å². The van der Waals surface area contributed by atoms with E-state index in [1.807, 2.05) is 25.2 Å². The van der Waals surface area contributed by atoms with Crippen LogP contribution in [0.5, 0.6) is 11.5 Å². The Kier molecular flexibility index (Phi) is 7.91. The largest absolute Gasteiger partial charge is 0.497 e. The molecule has 0 bridgehead atoms. The number of aliphatic imine (C=N–C) groups is 1. The van der Waals surface area contributed by atoms with Crippen molar-refractivity contribution in [2.75, 3.05) is 34.9 Å². The maximum absolute atomic E-state index is 5.49. The van der Waals surface area contributed by atoms with Gasteiger partial charge in [0.1, 0.15) is 11.5 Å². The highest BCUT2D eigenvalue weighted by molar-refractivity contribution is 7.09. The third-order valence-corrected chi connectivity index (χ3v) is 5.40. The van der Waals surface area contributed by atoms with Gasteiger partial charge in [-0.05, 0) is 12.1 Å². The number of methoxy groups -OCH3 is 2. The number of benzene rings is 1. The van der Waals surface area contributed by atoms with E-state index >= 15 is 0 Å². The number of nitrogens with zero attached hydrogens (tertiary/aromatic N) is 3. The zero-order chi connectivity index (χ0) is 19.8. The first-order valence-electron chi connectivity index (χ1n) is 9.05. The molecule has 1 aromatic heterocycles. The Morgan fingerprint density at radius 2 is 2.07 bits per heavy atom. The SMILES string of the molecule is CN=C(NCCc1csc(C(C)C)n1)N(C)Cc1ccc(OC)cc1OC. The second kappa shape index (κ2) is 10.2. The van der Waals surface area contributed by atoms with Gasteiger partial charge in [-0.3, -0.25) is 4.99 Å². The summed E-state index contributed by atoms with van der Waals surface area (Å²) in [5.41, 5.74) is 2.20. The van der Waals surface area contributed by atoms with Crippen LogP contribution < -0.4 is 14.8 Å². The molecule has 0 aliphatic heterocycles. The third kappa shape index (κ3) is 5.85. The predicted octanol–water partition coefficient (Wildman–Crippen LogP) is 3.53. The monoisotopic (exact) mass is 390 g/mol. The van der Waals surface area contributed by atoms with Gasteiger partial charge in [-0.1, -0.05) is 13.8 Å². The van der Waals surface area contributed by atoms with Gasteiger partial charge in [0.15, 0.2) is 5.96 Å². The zero-order valence-electron chi connectivity index (χ0n) is 17.1. The molecule has 0 aliphatic rings. The molecule has 0 radical (unpaired) electrons. The summed E-state index contributed by atoms with van der Waals surface area (Å²) in [6, 6.07) is 5.86. The summed E-state index contributed by atoms with van der Waals surface area (Å²) < 4.78 is 10.8. The summed E-state index contributed by atoms with van der Waals surface area (Å²) in [5, 5.41) is 6.75. The molecular formula is C20H30N4O2S. The molecule has 0 amide bonds. The maximum Gasteiger partial charge on any atom is 0.193 e. The van der Waals surface area contributed by atoms with Crippen molar-refractivity contribution in [1.29, 1.82) is 0 Å². The molecular weight excluding hydrogens is 360 g/mol. The number of rotatable bonds is 8. The minimum atomic E-state index is 0.482. The lowest BCUT2D eigenvalue weighted by atomic mass is 10.2. The van der Waals surface area contributed by atoms with Crippen molar-refractivity contribution in [3.05, 3.63) is 39.8 Å². The van der Waals surface area contributed by atoms with Crippen molar-refractivity contribution in [2.24, 2.45) is 4.99 Å². The molecule has 7 heteroatoms. The minimum Gasteiger partial charge on any atom is -0.497 e. The van der Waals surface area contributed by atoms with Gasteiger partial charge >= 0.3 is 0 Å². The Bertz CT molecular complexity index is 758. The van der Waals surface area contributed by atoms with Crippen molar-refractivity contribution >= 4 is 17.3 Å². The molecule has 0 aliphatic carbocycles. The second-order valence-electron chi connectivity index (χ2n) is 6.59. The topological polar surface area (TPSA) is 59.0 Å². The second-order valence-corrected chi connectivity index (χ2v) is 7.48. The fraction of sp³-hybridized carbons (Fsp3) is 0.500. The van der Waals surface area contributed by atoms with E-state index in [0.29, 0.717) is 12.5 Å². The first-order chi connectivity index (χ1) is 13.0. The predicted molar refractivity (Wildman–Crippen MR) is 112 cm³/mol. The molecule has 2 aromatic rings. The van der Waals surface area contributed by atoms with Crippen LogP contribution in [0.3, 0.4) is 0 Å². The molecule has 0 unspecified atom stereocenters. The van der Waals surface area contributed by atoms with Crippen LogP contribution in [0.15, 0.2) is 28.6 Å². The molecule has 2 rings (SSSR count). The highest BCUT2D eigenvalue weighted by Crippen LogP contribution is 2.25. The van der Waals surface area contributed by atoms with E-state index in [4.69, 9.17) is 9.47 Å². The van der Waals surface area contributed by atoms with Crippen LogP contribution in [0.1, 0.15) is 36.0 Å². The number of nitrogens with one attached hydrogen (secondary N) is 1. The van der Waals surface area contributed by atoms with E-state index in [1.165, 1.54) is 5.01 Å². The van der Waals surface area contributed by atoms with Gasteiger partial charge in [0.2, 0.25) is 0 Å². The Morgan fingerprint density at radius 1 is 1.30 bits per heavy atom. The van der Waals surface area contributed by atoms with Gasteiger partial charge in [0.05, 0.1) is 24.9 Å². The standard InChI is InChI=1S/C20H30N4O2S/c1-14(2)19-23-16(13-27-19)9-10-22-20(21-3)24(4)12-15-7-8-17(25-5)11-18(15)26-6/h7-8,11,13-14H,9-10,12H2,1-6H3,(H,21,22). The van der Waals surface area contributed by atoms with Crippen molar-refractivity contribution in [3.63, 3.8) is 0 Å². The lowest BCUT2D eigenvalue weighted by Gasteiger charge is -2.23. The van der Waals surface area contributed by atoms with Crippen molar-refractivity contribution in [1.82, 2.24) is 15.2 Å². The van der Waals surface area contributed by atoms with Gasteiger partial charge in [-0.25, -0.2) is 4.98 Å². The summed E-state index contributed by atoms with van der Waals surface area (Å²) in [4.78, 5) is 11.1. The van der Waals surface area contributed by atoms with Gasteiger partial charge in [-0.2, -0.15) is 0 Å². The average Bonchev–Trinajstić information content (AvgIpc) is 3.14. The molecule has 148 valence electrons. The summed E-state index contributed by atoms with van der Waals surface area (Å²) in [6.45, 7) is 5.81. The van der Waals surface area contributed by atoms with Gasteiger partial charge < -0.3 is 19.7 Å². The minimum absolute atomic E-state index is 0.482. The molecule has 0 spiro atoms. The van der Waals surface area contributed by atoms with Crippen molar-refractivity contribution in [3.8, 4) is 11.5 Å². The molecule has 1 N–H and O–H groups in total. The fourth-order valence-electron chi connectivity index (χ4n) is 2.70. The molecule has 27 heavy (non-hydrogen) atoms. The van der Waals surface area contributed by atoms with E-state index in [9.17, 15) is 0 Å². The Balaban J connectivity index is 1.92. The Morgan fingerprint density at radius 3 is 2.67 bits per heavy atom. The van der Waals surface area contributed by atoms with E-state index < -0.39 is 0 Å². The number of ether oxygens (including phenoxy) is 2. The lowest BCUT2D eigenvalue weighted by molar-refractivity contribution is 0.382. The third-order valence-electron chi connectivity index (χ3n) is 4.20. The number of aromatic nitrogens is 1. The van der Waals surface area contributed by atoms with E-state index in [-0.39, 0.29) is 0 Å². The van der Waals surface area contributed by atoms with Crippen LogP contribution in [0.2, 0.25) is 0 Å². The van der Waals surface area contributed by atoms with Crippen LogP contribution in [-0.2, 0) is 13.0 Å². The van der Waals surface area contributed by atoms with Crippen LogP contribution in [-0.4, -0.2) is 50.7 Å². The summed E-state index contributed by atoms with van der Waals surface area (Å²) in [5.74, 6) is 2.91. The average molecular weight is 391 g/mol.